The summed E-state index contributed by atoms with van der Waals surface area (Å²) in [6, 6.07) is 8.51. The van der Waals surface area contributed by atoms with Gasteiger partial charge in [-0.2, -0.15) is 0 Å². The summed E-state index contributed by atoms with van der Waals surface area (Å²) >= 11 is 0. The number of hydrogen-bond acceptors (Lipinski definition) is 5. The molecule has 0 unspecified atom stereocenters. The molecule has 0 radical (unpaired) electrons. The molecule has 1 aromatic carbocycles. The highest BCUT2D eigenvalue weighted by Gasteiger charge is 2.43. The van der Waals surface area contributed by atoms with Crippen LogP contribution in [0.4, 0.5) is 0 Å². The van der Waals surface area contributed by atoms with Crippen molar-refractivity contribution >= 4 is 11.8 Å². The average molecular weight is 401 g/mol. The topological polar surface area (TPSA) is 73.9 Å². The fourth-order valence-electron chi connectivity index (χ4n) is 4.81. The largest absolute Gasteiger partial charge is 0.497 e. The van der Waals surface area contributed by atoms with Crippen LogP contribution in [0.15, 0.2) is 24.3 Å². The fourth-order valence-corrected chi connectivity index (χ4v) is 4.81. The molecular weight excluding hydrogens is 368 g/mol. The number of hydrogen-bond donors (Lipinski definition) is 2. The molecule has 3 aliphatic heterocycles. The summed E-state index contributed by atoms with van der Waals surface area (Å²) in [5.41, 5.74) is 1.20. The van der Waals surface area contributed by atoms with E-state index < -0.39 is 0 Å². The molecule has 0 saturated carbocycles. The van der Waals surface area contributed by atoms with Gasteiger partial charge in [-0.15, -0.1) is 0 Å². The zero-order chi connectivity index (χ0) is 20.2. The van der Waals surface area contributed by atoms with Crippen LogP contribution in [-0.4, -0.2) is 73.0 Å². The van der Waals surface area contributed by atoms with Gasteiger partial charge < -0.3 is 20.3 Å². The Kier molecular flexibility index (Phi) is 6.35. The van der Waals surface area contributed by atoms with Crippen LogP contribution in [0.5, 0.6) is 5.75 Å². The van der Waals surface area contributed by atoms with E-state index in [9.17, 15) is 9.59 Å². The number of carbonyl (C=O) groups is 2. The molecule has 2 amide bonds. The minimum Gasteiger partial charge on any atom is -0.497 e. The highest BCUT2D eigenvalue weighted by Crippen LogP contribution is 2.26. The molecule has 4 rings (SSSR count). The third-order valence-corrected chi connectivity index (χ3v) is 6.53. The summed E-state index contributed by atoms with van der Waals surface area (Å²) in [6.45, 7) is 4.09. The number of amides is 2. The van der Waals surface area contributed by atoms with Crippen LogP contribution < -0.4 is 15.4 Å². The van der Waals surface area contributed by atoms with Crippen LogP contribution in [0.2, 0.25) is 0 Å². The fraction of sp³-hybridized carbons (Fsp3) is 0.636. The first-order chi connectivity index (χ1) is 14.1. The van der Waals surface area contributed by atoms with Gasteiger partial charge in [0.25, 0.3) is 0 Å². The smallest absolute Gasteiger partial charge is 0.237 e. The molecule has 3 atom stereocenters. The highest BCUT2D eigenvalue weighted by atomic mass is 16.5. The van der Waals surface area contributed by atoms with Gasteiger partial charge in [-0.05, 0) is 43.4 Å². The molecular formula is C22H32N4O3. The van der Waals surface area contributed by atoms with Crippen molar-refractivity contribution in [3.05, 3.63) is 29.8 Å². The van der Waals surface area contributed by atoms with E-state index in [-0.39, 0.29) is 29.9 Å². The Morgan fingerprint density at radius 3 is 2.72 bits per heavy atom. The van der Waals surface area contributed by atoms with Gasteiger partial charge >= 0.3 is 0 Å². The predicted octanol–water partition coefficient (Wildman–Crippen LogP) is 1.13. The Labute approximate surface area is 172 Å². The average Bonchev–Trinajstić information content (AvgIpc) is 3.43. The Balaban J connectivity index is 1.29. The molecule has 0 spiro atoms. The number of likely N-dealkylation sites (tertiary alicyclic amines) is 1. The summed E-state index contributed by atoms with van der Waals surface area (Å²) in [6.07, 6.45) is 4.46. The first-order valence-corrected chi connectivity index (χ1v) is 10.8. The molecule has 3 heterocycles. The van der Waals surface area contributed by atoms with Gasteiger partial charge in [-0.3, -0.25) is 14.5 Å². The van der Waals surface area contributed by atoms with Gasteiger partial charge in [0.2, 0.25) is 11.8 Å². The van der Waals surface area contributed by atoms with Crippen molar-refractivity contribution in [1.82, 2.24) is 20.4 Å². The summed E-state index contributed by atoms with van der Waals surface area (Å²) in [5, 5.41) is 6.66. The summed E-state index contributed by atoms with van der Waals surface area (Å²) < 4.78 is 5.21. The standard InChI is InChI=1S/C22H32N4O3/c1-29-19-7-4-16(5-8-19)13-23-17-12-20-22(28)24-14-18(26(20)15-17)6-9-21(27)25-10-2-3-11-25/h4-5,7-8,17-18,20,23H,2-3,6,9-15H2,1H3,(H,24,28)/t17-,18-,20-/m1/s1. The number of rotatable bonds is 7. The number of ether oxygens (including phenoxy) is 1. The van der Waals surface area contributed by atoms with Crippen molar-refractivity contribution in [1.29, 1.82) is 0 Å². The first kappa shape index (κ1) is 20.2. The zero-order valence-corrected chi connectivity index (χ0v) is 17.2. The molecule has 158 valence electrons. The predicted molar refractivity (Wildman–Crippen MR) is 111 cm³/mol. The van der Waals surface area contributed by atoms with E-state index in [1.807, 2.05) is 17.0 Å². The third kappa shape index (κ3) is 4.73. The lowest BCUT2D eigenvalue weighted by molar-refractivity contribution is -0.131. The third-order valence-electron chi connectivity index (χ3n) is 6.53. The SMILES string of the molecule is COc1ccc(CN[C@@H]2C[C@@H]3C(=O)NC[C@@H](CCC(=O)N4CCCC4)N3C2)cc1. The maximum atomic E-state index is 12.4. The monoisotopic (exact) mass is 400 g/mol. The quantitative estimate of drug-likeness (QED) is 0.718. The van der Waals surface area contributed by atoms with Crippen molar-refractivity contribution in [2.24, 2.45) is 0 Å². The van der Waals surface area contributed by atoms with Gasteiger partial charge in [0.1, 0.15) is 5.75 Å². The maximum Gasteiger partial charge on any atom is 0.237 e. The Morgan fingerprint density at radius 2 is 2.00 bits per heavy atom. The van der Waals surface area contributed by atoms with Gasteiger partial charge in [0, 0.05) is 51.2 Å². The second kappa shape index (κ2) is 9.13. The number of fused-ring (bicyclic) bond motifs is 1. The van der Waals surface area contributed by atoms with Crippen molar-refractivity contribution in [3.63, 3.8) is 0 Å². The minimum atomic E-state index is -0.0796. The second-order valence-electron chi connectivity index (χ2n) is 8.40. The van der Waals surface area contributed by atoms with E-state index >= 15 is 0 Å². The molecule has 7 nitrogen and oxygen atoms in total. The highest BCUT2D eigenvalue weighted by molar-refractivity contribution is 5.83. The molecule has 0 aliphatic carbocycles. The summed E-state index contributed by atoms with van der Waals surface area (Å²) in [4.78, 5) is 29.1. The van der Waals surface area contributed by atoms with E-state index in [1.165, 1.54) is 5.56 Å². The van der Waals surface area contributed by atoms with E-state index in [2.05, 4.69) is 27.7 Å². The van der Waals surface area contributed by atoms with E-state index in [0.29, 0.717) is 13.0 Å². The van der Waals surface area contributed by atoms with Gasteiger partial charge in [0.05, 0.1) is 13.2 Å². The van der Waals surface area contributed by atoms with Crippen molar-refractivity contribution in [3.8, 4) is 5.75 Å². The number of piperazine rings is 1. The lowest BCUT2D eigenvalue weighted by atomic mass is 10.0. The van der Waals surface area contributed by atoms with Crippen LogP contribution in [-0.2, 0) is 16.1 Å². The molecule has 3 saturated heterocycles. The van der Waals surface area contributed by atoms with Crippen LogP contribution in [0.1, 0.15) is 37.7 Å². The van der Waals surface area contributed by atoms with Crippen LogP contribution in [0.3, 0.4) is 0 Å². The van der Waals surface area contributed by atoms with Gasteiger partial charge in [0.15, 0.2) is 0 Å². The molecule has 0 aromatic heterocycles. The Morgan fingerprint density at radius 1 is 1.24 bits per heavy atom. The molecule has 3 aliphatic rings. The number of benzene rings is 1. The molecule has 1 aromatic rings. The van der Waals surface area contributed by atoms with E-state index in [4.69, 9.17) is 4.74 Å². The number of carbonyl (C=O) groups excluding carboxylic acids is 2. The number of nitrogens with zero attached hydrogens (tertiary/aromatic N) is 2. The maximum absolute atomic E-state index is 12.4. The van der Waals surface area contributed by atoms with E-state index in [0.717, 1.165) is 57.6 Å². The summed E-state index contributed by atoms with van der Waals surface area (Å²) in [5.74, 6) is 1.25. The first-order valence-electron chi connectivity index (χ1n) is 10.8. The van der Waals surface area contributed by atoms with Crippen LogP contribution in [0, 0.1) is 0 Å². The molecule has 29 heavy (non-hydrogen) atoms. The zero-order valence-electron chi connectivity index (χ0n) is 17.2. The molecule has 2 N–H and O–H groups in total. The second-order valence-corrected chi connectivity index (χ2v) is 8.40. The molecule has 0 bridgehead atoms. The lowest BCUT2D eigenvalue weighted by Gasteiger charge is -2.37. The van der Waals surface area contributed by atoms with Crippen molar-refractivity contribution < 1.29 is 14.3 Å². The Bertz CT molecular complexity index is 717. The molecule has 7 heteroatoms. The summed E-state index contributed by atoms with van der Waals surface area (Å²) in [7, 11) is 1.67. The normalized spacial score (nSPS) is 27.0. The van der Waals surface area contributed by atoms with Crippen LogP contribution in [0.25, 0.3) is 0 Å². The number of nitrogens with one attached hydrogen (secondary N) is 2. The van der Waals surface area contributed by atoms with Crippen molar-refractivity contribution in [2.45, 2.75) is 56.8 Å². The van der Waals surface area contributed by atoms with E-state index in [1.54, 1.807) is 7.11 Å². The minimum absolute atomic E-state index is 0.0796. The van der Waals surface area contributed by atoms with Crippen molar-refractivity contribution in [2.75, 3.05) is 33.3 Å². The molecule has 3 fully saturated rings. The van der Waals surface area contributed by atoms with Gasteiger partial charge in [-0.25, -0.2) is 0 Å². The van der Waals surface area contributed by atoms with Gasteiger partial charge in [-0.1, -0.05) is 12.1 Å². The number of methoxy groups -OCH3 is 1. The Hall–Kier alpha value is -2.12. The van der Waals surface area contributed by atoms with Crippen LogP contribution >= 0.6 is 0 Å². The lowest BCUT2D eigenvalue weighted by Crippen LogP contribution is -2.58.